The first-order chi connectivity index (χ1) is 9.22. The summed E-state index contributed by atoms with van der Waals surface area (Å²) in [5.74, 6) is 0.356. The zero-order valence-electron chi connectivity index (χ0n) is 12.3. The molecule has 0 radical (unpaired) electrons. The van der Waals surface area contributed by atoms with Gasteiger partial charge in [-0.25, -0.2) is 0 Å². The topological polar surface area (TPSA) is 35.5 Å². The molecule has 21 heavy (non-hydrogen) atoms. The Labute approximate surface area is 148 Å². The van der Waals surface area contributed by atoms with Crippen molar-refractivity contribution in [3.8, 4) is 5.75 Å². The summed E-state index contributed by atoms with van der Waals surface area (Å²) in [6.45, 7) is 6.50. The van der Waals surface area contributed by atoms with Crippen LogP contribution in [-0.2, 0) is 0 Å². The van der Waals surface area contributed by atoms with Crippen molar-refractivity contribution in [2.24, 2.45) is 0 Å². The van der Waals surface area contributed by atoms with Gasteiger partial charge >= 0.3 is 0 Å². The van der Waals surface area contributed by atoms with Crippen molar-refractivity contribution in [1.29, 1.82) is 0 Å². The van der Waals surface area contributed by atoms with E-state index in [1.165, 1.54) is 18.4 Å². The standard InChI is InChI=1S/C15H23BrN2O.2ClH/c1-2-3-4-15(18-9-7-17-8-10-18)13-11-12(19)5-6-14(13)16;;/h5-6,11,15,17,19H,2-4,7-10H2,1H3;2*1H/t15-;;/m1../s1. The highest BCUT2D eigenvalue weighted by atomic mass is 79.9. The van der Waals surface area contributed by atoms with E-state index in [9.17, 15) is 5.11 Å². The van der Waals surface area contributed by atoms with Gasteiger partial charge in [-0.05, 0) is 30.2 Å². The predicted molar refractivity (Wildman–Crippen MR) is 97.0 cm³/mol. The second kappa shape index (κ2) is 10.7. The van der Waals surface area contributed by atoms with Crippen molar-refractivity contribution in [3.63, 3.8) is 0 Å². The highest BCUT2D eigenvalue weighted by Gasteiger charge is 2.23. The minimum absolute atomic E-state index is 0. The van der Waals surface area contributed by atoms with E-state index in [1.54, 1.807) is 6.07 Å². The summed E-state index contributed by atoms with van der Waals surface area (Å²) < 4.78 is 1.10. The van der Waals surface area contributed by atoms with Gasteiger partial charge in [0.05, 0.1) is 0 Å². The molecule has 0 unspecified atom stereocenters. The first-order valence-corrected chi connectivity index (χ1v) is 7.95. The van der Waals surface area contributed by atoms with E-state index in [1.807, 2.05) is 12.1 Å². The fraction of sp³-hybridized carbons (Fsp3) is 0.600. The Morgan fingerprint density at radius 1 is 1.29 bits per heavy atom. The lowest BCUT2D eigenvalue weighted by atomic mass is 9.98. The maximum absolute atomic E-state index is 9.76. The quantitative estimate of drug-likeness (QED) is 0.780. The molecule has 0 saturated carbocycles. The second-order valence-electron chi connectivity index (χ2n) is 5.15. The lowest BCUT2D eigenvalue weighted by Crippen LogP contribution is -2.45. The van der Waals surface area contributed by atoms with Gasteiger partial charge in [-0.2, -0.15) is 0 Å². The Morgan fingerprint density at radius 3 is 2.57 bits per heavy atom. The number of rotatable bonds is 5. The molecule has 0 amide bonds. The molecule has 1 aromatic rings. The van der Waals surface area contributed by atoms with Gasteiger partial charge in [0.1, 0.15) is 5.75 Å². The highest BCUT2D eigenvalue weighted by molar-refractivity contribution is 9.10. The number of nitrogens with one attached hydrogen (secondary N) is 1. The van der Waals surface area contributed by atoms with Crippen LogP contribution in [0.4, 0.5) is 0 Å². The number of unbranched alkanes of at least 4 members (excludes halogenated alkanes) is 1. The van der Waals surface area contributed by atoms with Crippen LogP contribution < -0.4 is 5.32 Å². The Morgan fingerprint density at radius 2 is 1.95 bits per heavy atom. The first kappa shape index (κ1) is 21.0. The molecule has 1 saturated heterocycles. The van der Waals surface area contributed by atoms with Crippen LogP contribution in [0.15, 0.2) is 22.7 Å². The van der Waals surface area contributed by atoms with Crippen LogP contribution in [0.3, 0.4) is 0 Å². The second-order valence-corrected chi connectivity index (χ2v) is 6.00. The third-order valence-electron chi connectivity index (χ3n) is 3.76. The molecule has 0 bridgehead atoms. The molecule has 2 N–H and O–H groups in total. The smallest absolute Gasteiger partial charge is 0.115 e. The van der Waals surface area contributed by atoms with Crippen molar-refractivity contribution >= 4 is 40.7 Å². The molecular weight excluding hydrogens is 375 g/mol. The van der Waals surface area contributed by atoms with Gasteiger partial charge in [-0.3, -0.25) is 4.90 Å². The van der Waals surface area contributed by atoms with Crippen LogP contribution in [0.5, 0.6) is 5.75 Å². The lowest BCUT2D eigenvalue weighted by Gasteiger charge is -2.35. The first-order valence-electron chi connectivity index (χ1n) is 7.15. The van der Waals surface area contributed by atoms with E-state index in [0.29, 0.717) is 11.8 Å². The van der Waals surface area contributed by atoms with Gasteiger partial charge in [-0.15, -0.1) is 24.8 Å². The van der Waals surface area contributed by atoms with Gasteiger partial charge in [0.2, 0.25) is 0 Å². The van der Waals surface area contributed by atoms with E-state index in [4.69, 9.17) is 0 Å². The Hall–Kier alpha value is -0.000000000000000222. The van der Waals surface area contributed by atoms with E-state index in [2.05, 4.69) is 33.1 Å². The van der Waals surface area contributed by atoms with Crippen LogP contribution in [0.2, 0.25) is 0 Å². The molecule has 0 aliphatic carbocycles. The summed E-state index contributed by atoms with van der Waals surface area (Å²) in [5, 5.41) is 13.2. The summed E-state index contributed by atoms with van der Waals surface area (Å²) in [5.41, 5.74) is 1.22. The molecule has 6 heteroatoms. The fourth-order valence-corrected chi connectivity index (χ4v) is 3.22. The number of piperazine rings is 1. The average molecular weight is 400 g/mol. The zero-order chi connectivity index (χ0) is 13.7. The van der Waals surface area contributed by atoms with Gasteiger partial charge in [0.25, 0.3) is 0 Å². The number of phenolic OH excluding ortho intramolecular Hbond substituents is 1. The number of nitrogens with zero attached hydrogens (tertiary/aromatic N) is 1. The summed E-state index contributed by atoms with van der Waals surface area (Å²) >= 11 is 3.64. The van der Waals surface area contributed by atoms with E-state index in [0.717, 1.165) is 37.1 Å². The number of hydrogen-bond donors (Lipinski definition) is 2. The van der Waals surface area contributed by atoms with Crippen LogP contribution in [0.25, 0.3) is 0 Å². The Kier molecular flexibility index (Phi) is 10.7. The number of benzene rings is 1. The molecule has 1 heterocycles. The maximum atomic E-state index is 9.76. The van der Waals surface area contributed by atoms with Gasteiger partial charge < -0.3 is 10.4 Å². The molecule has 1 aromatic carbocycles. The molecular formula is C15H25BrCl2N2O. The Balaban J connectivity index is 0.00000200. The minimum atomic E-state index is 0. The molecule has 1 fully saturated rings. The van der Waals surface area contributed by atoms with E-state index >= 15 is 0 Å². The van der Waals surface area contributed by atoms with Gasteiger partial charge in [-0.1, -0.05) is 35.7 Å². The average Bonchev–Trinajstić information content (AvgIpc) is 2.44. The van der Waals surface area contributed by atoms with Crippen molar-refractivity contribution in [2.75, 3.05) is 26.2 Å². The van der Waals surface area contributed by atoms with Crippen LogP contribution in [0, 0.1) is 0 Å². The fourth-order valence-electron chi connectivity index (χ4n) is 2.71. The van der Waals surface area contributed by atoms with E-state index in [-0.39, 0.29) is 24.8 Å². The van der Waals surface area contributed by atoms with Gasteiger partial charge in [0.15, 0.2) is 0 Å². The number of aromatic hydroxyl groups is 1. The SMILES string of the molecule is CCCC[C@H](c1cc(O)ccc1Br)N1CCNCC1.Cl.Cl. The normalized spacial score (nSPS) is 16.7. The maximum Gasteiger partial charge on any atom is 0.115 e. The molecule has 3 nitrogen and oxygen atoms in total. The van der Waals surface area contributed by atoms with E-state index < -0.39 is 0 Å². The summed E-state index contributed by atoms with van der Waals surface area (Å²) in [7, 11) is 0. The Bertz CT molecular complexity index is 415. The van der Waals surface area contributed by atoms with Crippen molar-refractivity contribution < 1.29 is 5.11 Å². The van der Waals surface area contributed by atoms with Gasteiger partial charge in [0, 0.05) is 36.7 Å². The number of phenols is 1. The summed E-state index contributed by atoms with van der Waals surface area (Å²) in [6, 6.07) is 6.00. The third kappa shape index (κ3) is 5.95. The molecule has 1 aliphatic rings. The lowest BCUT2D eigenvalue weighted by molar-refractivity contribution is 0.162. The molecule has 1 aliphatic heterocycles. The molecule has 122 valence electrons. The largest absolute Gasteiger partial charge is 0.508 e. The highest BCUT2D eigenvalue weighted by Crippen LogP contribution is 2.34. The predicted octanol–water partition coefficient (Wildman–Crippen LogP) is 4.13. The van der Waals surface area contributed by atoms with Crippen molar-refractivity contribution in [2.45, 2.75) is 32.2 Å². The molecule has 1 atom stereocenters. The number of hydrogen-bond acceptors (Lipinski definition) is 3. The molecule has 2 rings (SSSR count). The molecule has 0 spiro atoms. The monoisotopic (exact) mass is 398 g/mol. The zero-order valence-corrected chi connectivity index (χ0v) is 15.6. The minimum Gasteiger partial charge on any atom is -0.508 e. The van der Waals surface area contributed by atoms with Crippen LogP contribution in [-0.4, -0.2) is 36.2 Å². The van der Waals surface area contributed by atoms with Crippen LogP contribution >= 0.6 is 40.7 Å². The molecule has 0 aromatic heterocycles. The summed E-state index contributed by atoms with van der Waals surface area (Å²) in [4.78, 5) is 2.53. The van der Waals surface area contributed by atoms with Crippen LogP contribution in [0.1, 0.15) is 37.8 Å². The van der Waals surface area contributed by atoms with Crippen molar-refractivity contribution in [3.05, 3.63) is 28.2 Å². The van der Waals surface area contributed by atoms with Crippen molar-refractivity contribution in [1.82, 2.24) is 10.2 Å². The third-order valence-corrected chi connectivity index (χ3v) is 4.48. The number of halogens is 3. The summed E-state index contributed by atoms with van der Waals surface area (Å²) in [6.07, 6.45) is 3.58.